The molecule has 23 heavy (non-hydrogen) atoms. The van der Waals surface area contributed by atoms with Gasteiger partial charge in [0.15, 0.2) is 0 Å². The molecule has 6 nitrogen and oxygen atoms in total. The molecule has 0 aromatic rings. The fraction of sp³-hybridized carbons (Fsp3) is 0.941. The van der Waals surface area contributed by atoms with E-state index in [2.05, 4.69) is 13.8 Å². The van der Waals surface area contributed by atoms with Crippen molar-refractivity contribution in [3.63, 3.8) is 0 Å². The van der Waals surface area contributed by atoms with E-state index in [1.54, 1.807) is 0 Å². The van der Waals surface area contributed by atoms with Crippen LogP contribution in [0.2, 0.25) is 0 Å². The fourth-order valence-corrected chi connectivity index (χ4v) is 4.22. The van der Waals surface area contributed by atoms with Crippen molar-refractivity contribution in [1.82, 2.24) is 0 Å². The van der Waals surface area contributed by atoms with E-state index in [9.17, 15) is 25.2 Å². The van der Waals surface area contributed by atoms with E-state index < -0.39 is 43.0 Å². The van der Waals surface area contributed by atoms with E-state index in [-0.39, 0.29) is 5.78 Å². The Morgan fingerprint density at radius 2 is 1.78 bits per heavy atom. The molecule has 0 aromatic heterocycles. The van der Waals surface area contributed by atoms with Crippen LogP contribution in [0, 0.1) is 17.8 Å². The van der Waals surface area contributed by atoms with Crippen LogP contribution in [0.4, 0.5) is 0 Å². The molecule has 134 valence electrons. The van der Waals surface area contributed by atoms with Crippen molar-refractivity contribution in [3.8, 4) is 0 Å². The van der Waals surface area contributed by atoms with Crippen molar-refractivity contribution in [3.05, 3.63) is 0 Å². The maximum Gasteiger partial charge on any atom is 0.138 e. The molecule has 0 amide bonds. The van der Waals surface area contributed by atoms with Crippen molar-refractivity contribution in [2.45, 2.75) is 76.5 Å². The van der Waals surface area contributed by atoms with Gasteiger partial charge in [-0.05, 0) is 18.3 Å². The molecule has 2 fully saturated rings. The quantitative estimate of drug-likeness (QED) is 0.576. The SMILES string of the molecule is CCC[C@@H]1CC(=O)[C@H](C2OC(CO)C(O)C(O)C2O)C[C@H]1CC. The highest BCUT2D eigenvalue weighted by Gasteiger charge is 2.50. The van der Waals surface area contributed by atoms with Gasteiger partial charge >= 0.3 is 0 Å². The smallest absolute Gasteiger partial charge is 0.138 e. The minimum absolute atomic E-state index is 0.0532. The molecule has 8 atom stereocenters. The van der Waals surface area contributed by atoms with Gasteiger partial charge in [-0.2, -0.15) is 0 Å². The molecule has 1 saturated heterocycles. The Morgan fingerprint density at radius 1 is 1.09 bits per heavy atom. The third-order valence-electron chi connectivity index (χ3n) is 5.61. The molecule has 0 bridgehead atoms. The average Bonchev–Trinajstić information content (AvgIpc) is 2.54. The third-order valence-corrected chi connectivity index (χ3v) is 5.61. The van der Waals surface area contributed by atoms with Crippen molar-refractivity contribution in [2.75, 3.05) is 6.61 Å². The number of carbonyl (C=O) groups excluding carboxylic acids is 1. The van der Waals surface area contributed by atoms with E-state index in [1.807, 2.05) is 0 Å². The topological polar surface area (TPSA) is 107 Å². The highest BCUT2D eigenvalue weighted by atomic mass is 16.5. The second kappa shape index (κ2) is 8.03. The zero-order valence-electron chi connectivity index (χ0n) is 14.0. The Kier molecular flexibility index (Phi) is 6.57. The number of carbonyl (C=O) groups is 1. The summed E-state index contributed by atoms with van der Waals surface area (Å²) in [5.41, 5.74) is 0. The Morgan fingerprint density at radius 3 is 2.35 bits per heavy atom. The van der Waals surface area contributed by atoms with E-state index in [1.165, 1.54) is 0 Å². The molecule has 0 spiro atoms. The van der Waals surface area contributed by atoms with Crippen LogP contribution in [0.5, 0.6) is 0 Å². The lowest BCUT2D eigenvalue weighted by atomic mass is 9.67. The van der Waals surface area contributed by atoms with Crippen molar-refractivity contribution in [1.29, 1.82) is 0 Å². The number of Topliss-reactive ketones (excluding diaryl/α,β-unsaturated/α-hetero) is 1. The van der Waals surface area contributed by atoms with Crippen LogP contribution in [-0.2, 0) is 9.53 Å². The minimum Gasteiger partial charge on any atom is -0.394 e. The summed E-state index contributed by atoms with van der Waals surface area (Å²) in [6.45, 7) is 3.76. The highest BCUT2D eigenvalue weighted by molar-refractivity contribution is 5.82. The van der Waals surface area contributed by atoms with E-state index in [4.69, 9.17) is 4.74 Å². The predicted molar refractivity (Wildman–Crippen MR) is 83.7 cm³/mol. The summed E-state index contributed by atoms with van der Waals surface area (Å²) >= 11 is 0. The number of rotatable bonds is 5. The normalized spacial score (nSPS) is 45.2. The lowest BCUT2D eigenvalue weighted by molar-refractivity contribution is -0.242. The summed E-state index contributed by atoms with van der Waals surface area (Å²) in [6.07, 6.45) is -1.78. The Labute approximate surface area is 137 Å². The summed E-state index contributed by atoms with van der Waals surface area (Å²) < 4.78 is 5.60. The molecule has 0 radical (unpaired) electrons. The van der Waals surface area contributed by atoms with Gasteiger partial charge in [0.1, 0.15) is 30.2 Å². The number of aliphatic hydroxyl groups is 4. The fourth-order valence-electron chi connectivity index (χ4n) is 4.22. The molecule has 1 aliphatic carbocycles. The van der Waals surface area contributed by atoms with Crippen molar-refractivity contribution in [2.24, 2.45) is 17.8 Å². The highest BCUT2D eigenvalue weighted by Crippen LogP contribution is 2.40. The first kappa shape index (κ1) is 18.8. The summed E-state index contributed by atoms with van der Waals surface area (Å²) in [6, 6.07) is 0. The molecule has 1 aliphatic heterocycles. The largest absolute Gasteiger partial charge is 0.394 e. The van der Waals surface area contributed by atoms with Crippen LogP contribution in [-0.4, -0.2) is 63.3 Å². The number of hydrogen-bond acceptors (Lipinski definition) is 6. The monoisotopic (exact) mass is 330 g/mol. The first-order chi connectivity index (χ1) is 10.9. The molecule has 0 aromatic carbocycles. The van der Waals surface area contributed by atoms with Gasteiger partial charge in [-0.25, -0.2) is 0 Å². The van der Waals surface area contributed by atoms with Crippen LogP contribution in [0.25, 0.3) is 0 Å². The van der Waals surface area contributed by atoms with Gasteiger partial charge in [0, 0.05) is 12.3 Å². The standard InChI is InChI=1S/C17H30O6/c1-3-5-10-7-12(19)11(6-9(10)4-2)17-16(22)15(21)14(20)13(8-18)23-17/h9-11,13-18,20-22H,3-8H2,1-2H3/t9-,10-,11-,13?,14?,15?,16?,17?/m1/s1. The van der Waals surface area contributed by atoms with Crippen LogP contribution in [0.1, 0.15) is 46.0 Å². The predicted octanol–water partition coefficient (Wildman–Crippen LogP) is 0.250. The van der Waals surface area contributed by atoms with Gasteiger partial charge in [0.05, 0.1) is 12.7 Å². The van der Waals surface area contributed by atoms with Crippen LogP contribution in [0.3, 0.4) is 0 Å². The zero-order chi connectivity index (χ0) is 17.1. The van der Waals surface area contributed by atoms with Gasteiger partial charge in [-0.1, -0.05) is 33.1 Å². The summed E-state index contributed by atoms with van der Waals surface area (Å²) in [7, 11) is 0. The lowest BCUT2D eigenvalue weighted by Crippen LogP contribution is -2.61. The van der Waals surface area contributed by atoms with Crippen LogP contribution >= 0.6 is 0 Å². The van der Waals surface area contributed by atoms with Crippen LogP contribution in [0.15, 0.2) is 0 Å². The zero-order valence-corrected chi connectivity index (χ0v) is 14.0. The van der Waals surface area contributed by atoms with Gasteiger partial charge in [-0.15, -0.1) is 0 Å². The number of aliphatic hydroxyl groups excluding tert-OH is 4. The third kappa shape index (κ3) is 3.77. The van der Waals surface area contributed by atoms with Crippen molar-refractivity contribution < 1.29 is 30.0 Å². The Balaban J connectivity index is 2.14. The van der Waals surface area contributed by atoms with Gasteiger partial charge in [0.2, 0.25) is 0 Å². The lowest BCUT2D eigenvalue weighted by Gasteiger charge is -2.45. The summed E-state index contributed by atoms with van der Waals surface area (Å²) in [5.74, 6) is 0.334. The van der Waals surface area contributed by atoms with Crippen LogP contribution < -0.4 is 0 Å². The Bertz CT molecular complexity index is 399. The molecule has 4 N–H and O–H groups in total. The Hall–Kier alpha value is -0.530. The molecular weight excluding hydrogens is 300 g/mol. The summed E-state index contributed by atoms with van der Waals surface area (Å²) in [5, 5.41) is 39.4. The maximum absolute atomic E-state index is 12.6. The average molecular weight is 330 g/mol. The number of ketones is 1. The molecule has 1 heterocycles. The first-order valence-corrected chi connectivity index (χ1v) is 8.77. The van der Waals surface area contributed by atoms with Crippen molar-refractivity contribution >= 4 is 5.78 Å². The molecular formula is C17H30O6. The molecule has 6 heteroatoms. The van der Waals surface area contributed by atoms with Gasteiger partial charge < -0.3 is 25.2 Å². The number of hydrogen-bond donors (Lipinski definition) is 4. The second-order valence-corrected chi connectivity index (χ2v) is 7.02. The molecule has 1 saturated carbocycles. The second-order valence-electron chi connectivity index (χ2n) is 7.02. The van der Waals surface area contributed by atoms with Gasteiger partial charge in [0.25, 0.3) is 0 Å². The number of ether oxygens (including phenoxy) is 1. The molecule has 2 rings (SSSR count). The van der Waals surface area contributed by atoms with E-state index in [0.717, 1.165) is 19.3 Å². The summed E-state index contributed by atoms with van der Waals surface area (Å²) in [4.78, 5) is 12.6. The van der Waals surface area contributed by atoms with E-state index >= 15 is 0 Å². The molecule has 5 unspecified atom stereocenters. The first-order valence-electron chi connectivity index (χ1n) is 8.77. The van der Waals surface area contributed by atoms with Gasteiger partial charge in [-0.3, -0.25) is 4.79 Å². The minimum atomic E-state index is -1.41. The maximum atomic E-state index is 12.6. The molecule has 2 aliphatic rings. The van der Waals surface area contributed by atoms with E-state index in [0.29, 0.717) is 24.7 Å².